The number of nitrogens with one attached hydrogen (secondary N) is 1. The minimum Gasteiger partial charge on any atom is -0.339 e. The standard InChI is InChI=1S/C15H24N4/c1-2-4-7-14-13(6-3-1)12-17-15(18-14)19-10-5-8-16-9-11-19/h12,16H,1-11H2. The second kappa shape index (κ2) is 6.33. The number of hydrogen-bond acceptors (Lipinski definition) is 4. The minimum absolute atomic E-state index is 0.947. The van der Waals surface area contributed by atoms with Crippen molar-refractivity contribution in [3.05, 3.63) is 17.5 Å². The highest BCUT2D eigenvalue weighted by Gasteiger charge is 2.15. The summed E-state index contributed by atoms with van der Waals surface area (Å²) in [4.78, 5) is 11.8. The van der Waals surface area contributed by atoms with Crippen LogP contribution < -0.4 is 10.2 Å². The Labute approximate surface area is 115 Å². The first-order chi connectivity index (χ1) is 9.43. The Morgan fingerprint density at radius 3 is 2.79 bits per heavy atom. The van der Waals surface area contributed by atoms with Crippen LogP contribution in [0.3, 0.4) is 0 Å². The predicted octanol–water partition coefficient (Wildman–Crippen LogP) is 1.94. The molecule has 0 atom stereocenters. The van der Waals surface area contributed by atoms with Crippen LogP contribution in [0.1, 0.15) is 43.4 Å². The van der Waals surface area contributed by atoms with Crippen LogP contribution >= 0.6 is 0 Å². The molecule has 1 saturated heterocycles. The van der Waals surface area contributed by atoms with Gasteiger partial charge in [0.1, 0.15) is 0 Å². The van der Waals surface area contributed by atoms with E-state index in [1.54, 1.807) is 0 Å². The SMILES string of the molecule is c1nc(N2CCCNCC2)nc2c1CCCCCC2. The number of aryl methyl sites for hydroxylation is 2. The Morgan fingerprint density at radius 1 is 0.947 bits per heavy atom. The van der Waals surface area contributed by atoms with Crippen molar-refractivity contribution in [2.75, 3.05) is 31.1 Å². The Morgan fingerprint density at radius 2 is 1.84 bits per heavy atom. The molecule has 1 aromatic rings. The van der Waals surface area contributed by atoms with E-state index in [-0.39, 0.29) is 0 Å². The molecule has 1 fully saturated rings. The molecule has 1 N–H and O–H groups in total. The molecule has 0 unspecified atom stereocenters. The lowest BCUT2D eigenvalue weighted by molar-refractivity contribution is 0.604. The number of rotatable bonds is 1. The summed E-state index contributed by atoms with van der Waals surface area (Å²) in [7, 11) is 0. The van der Waals surface area contributed by atoms with E-state index < -0.39 is 0 Å². The fourth-order valence-electron chi connectivity index (χ4n) is 3.02. The molecule has 0 saturated carbocycles. The van der Waals surface area contributed by atoms with E-state index in [0.29, 0.717) is 0 Å². The van der Waals surface area contributed by atoms with Gasteiger partial charge in [0.05, 0.1) is 0 Å². The van der Waals surface area contributed by atoms with Gasteiger partial charge in [0.2, 0.25) is 5.95 Å². The van der Waals surface area contributed by atoms with Gasteiger partial charge in [0.15, 0.2) is 0 Å². The molecule has 4 nitrogen and oxygen atoms in total. The lowest BCUT2D eigenvalue weighted by Gasteiger charge is -2.21. The second-order valence-electron chi connectivity index (χ2n) is 5.65. The van der Waals surface area contributed by atoms with Crippen LogP contribution in [0, 0.1) is 0 Å². The topological polar surface area (TPSA) is 41.1 Å². The summed E-state index contributed by atoms with van der Waals surface area (Å²) in [5, 5.41) is 3.43. The van der Waals surface area contributed by atoms with Crippen LogP contribution in [0.2, 0.25) is 0 Å². The van der Waals surface area contributed by atoms with Crippen LogP contribution in [-0.4, -0.2) is 36.1 Å². The van der Waals surface area contributed by atoms with Crippen LogP contribution in [0.5, 0.6) is 0 Å². The highest BCUT2D eigenvalue weighted by atomic mass is 15.3. The molecular weight excluding hydrogens is 236 g/mol. The first-order valence-electron chi connectivity index (χ1n) is 7.74. The molecule has 19 heavy (non-hydrogen) atoms. The average molecular weight is 260 g/mol. The first-order valence-corrected chi connectivity index (χ1v) is 7.74. The van der Waals surface area contributed by atoms with Crippen molar-refractivity contribution in [3.8, 4) is 0 Å². The zero-order valence-corrected chi connectivity index (χ0v) is 11.7. The van der Waals surface area contributed by atoms with Crippen LogP contribution in [0.4, 0.5) is 5.95 Å². The molecule has 1 aromatic heterocycles. The maximum atomic E-state index is 4.87. The number of aromatic nitrogens is 2. The zero-order valence-electron chi connectivity index (χ0n) is 11.7. The molecule has 0 radical (unpaired) electrons. The summed E-state index contributed by atoms with van der Waals surface area (Å²) in [6, 6.07) is 0. The van der Waals surface area contributed by atoms with E-state index >= 15 is 0 Å². The molecule has 0 aromatic carbocycles. The van der Waals surface area contributed by atoms with Crippen molar-refractivity contribution in [3.63, 3.8) is 0 Å². The third-order valence-electron chi connectivity index (χ3n) is 4.17. The Hall–Kier alpha value is -1.16. The summed E-state index contributed by atoms with van der Waals surface area (Å²) >= 11 is 0. The van der Waals surface area contributed by atoms with Gasteiger partial charge >= 0.3 is 0 Å². The van der Waals surface area contributed by atoms with Crippen molar-refractivity contribution >= 4 is 5.95 Å². The second-order valence-corrected chi connectivity index (χ2v) is 5.65. The maximum Gasteiger partial charge on any atom is 0.225 e. The first kappa shape index (κ1) is 12.9. The largest absolute Gasteiger partial charge is 0.339 e. The van der Waals surface area contributed by atoms with Crippen LogP contribution in [-0.2, 0) is 12.8 Å². The summed E-state index contributed by atoms with van der Waals surface area (Å²) in [5.74, 6) is 0.947. The quantitative estimate of drug-likeness (QED) is 0.838. The number of anilines is 1. The Balaban J connectivity index is 1.80. The highest BCUT2D eigenvalue weighted by molar-refractivity contribution is 5.34. The number of fused-ring (bicyclic) bond motifs is 1. The van der Waals surface area contributed by atoms with E-state index in [2.05, 4.69) is 21.4 Å². The van der Waals surface area contributed by atoms with Crippen molar-refractivity contribution in [1.29, 1.82) is 0 Å². The van der Waals surface area contributed by atoms with Gasteiger partial charge in [-0.15, -0.1) is 0 Å². The van der Waals surface area contributed by atoms with E-state index in [4.69, 9.17) is 4.98 Å². The molecule has 4 heteroatoms. The molecular formula is C15H24N4. The summed E-state index contributed by atoms with van der Waals surface area (Å²) in [5.41, 5.74) is 2.69. The Kier molecular flexibility index (Phi) is 4.28. The molecule has 1 aliphatic carbocycles. The maximum absolute atomic E-state index is 4.87. The van der Waals surface area contributed by atoms with Gasteiger partial charge in [-0.3, -0.25) is 0 Å². The third kappa shape index (κ3) is 3.24. The molecule has 3 rings (SSSR count). The van der Waals surface area contributed by atoms with Gasteiger partial charge in [-0.05, 0) is 44.2 Å². The number of hydrogen-bond donors (Lipinski definition) is 1. The van der Waals surface area contributed by atoms with Gasteiger partial charge in [0.25, 0.3) is 0 Å². The van der Waals surface area contributed by atoms with Crippen molar-refractivity contribution < 1.29 is 0 Å². The van der Waals surface area contributed by atoms with Gasteiger partial charge in [-0.25, -0.2) is 9.97 Å². The van der Waals surface area contributed by atoms with Crippen molar-refractivity contribution in [1.82, 2.24) is 15.3 Å². The molecule has 0 amide bonds. The van der Waals surface area contributed by atoms with Crippen LogP contribution in [0.15, 0.2) is 6.20 Å². The molecule has 0 spiro atoms. The van der Waals surface area contributed by atoms with Gasteiger partial charge in [-0.2, -0.15) is 0 Å². The van der Waals surface area contributed by atoms with Crippen molar-refractivity contribution in [2.24, 2.45) is 0 Å². The third-order valence-corrected chi connectivity index (χ3v) is 4.17. The zero-order chi connectivity index (χ0) is 12.9. The van der Waals surface area contributed by atoms with Gasteiger partial charge in [-0.1, -0.05) is 12.8 Å². The highest BCUT2D eigenvalue weighted by Crippen LogP contribution is 2.20. The van der Waals surface area contributed by atoms with E-state index in [9.17, 15) is 0 Å². The summed E-state index contributed by atoms with van der Waals surface area (Å²) < 4.78 is 0. The lowest BCUT2D eigenvalue weighted by atomic mass is 9.98. The minimum atomic E-state index is 0.947. The van der Waals surface area contributed by atoms with E-state index in [1.165, 1.54) is 43.4 Å². The van der Waals surface area contributed by atoms with E-state index in [1.807, 2.05) is 0 Å². The summed E-state index contributed by atoms with van der Waals surface area (Å²) in [6.45, 7) is 4.26. The molecule has 2 heterocycles. The fraction of sp³-hybridized carbons (Fsp3) is 0.733. The molecule has 1 aliphatic heterocycles. The van der Waals surface area contributed by atoms with Gasteiger partial charge < -0.3 is 10.2 Å². The predicted molar refractivity (Wildman–Crippen MR) is 77.6 cm³/mol. The Bertz CT molecular complexity index is 411. The molecule has 104 valence electrons. The molecule has 0 bridgehead atoms. The van der Waals surface area contributed by atoms with E-state index in [0.717, 1.165) is 45.0 Å². The van der Waals surface area contributed by atoms with Gasteiger partial charge in [0, 0.05) is 31.5 Å². The average Bonchev–Trinajstić information content (AvgIpc) is 2.68. The normalized spacial score (nSPS) is 21.2. The lowest BCUT2D eigenvalue weighted by Crippen LogP contribution is -2.29. The van der Waals surface area contributed by atoms with Crippen molar-refractivity contribution in [2.45, 2.75) is 44.9 Å². The summed E-state index contributed by atoms with van der Waals surface area (Å²) in [6.07, 6.45) is 10.9. The van der Waals surface area contributed by atoms with Crippen LogP contribution in [0.25, 0.3) is 0 Å². The number of nitrogens with zero attached hydrogens (tertiary/aromatic N) is 3. The smallest absolute Gasteiger partial charge is 0.225 e. The monoisotopic (exact) mass is 260 g/mol. The fourth-order valence-corrected chi connectivity index (χ4v) is 3.02. The molecule has 2 aliphatic rings.